The summed E-state index contributed by atoms with van der Waals surface area (Å²) in [7, 11) is 4.67. The zero-order chi connectivity index (χ0) is 28.0. The minimum atomic E-state index is -0.107. The molecule has 0 heterocycles. The van der Waals surface area contributed by atoms with Crippen molar-refractivity contribution in [2.24, 2.45) is 0 Å². The molecule has 5 aliphatic rings. The quantitative estimate of drug-likeness (QED) is 0.258. The van der Waals surface area contributed by atoms with Crippen LogP contribution >= 0.6 is 15.8 Å². The van der Waals surface area contributed by atoms with Crippen molar-refractivity contribution in [2.75, 3.05) is 14.1 Å². The van der Waals surface area contributed by atoms with Crippen LogP contribution in [0.4, 0.5) is 0 Å². The molecule has 0 spiro atoms. The first-order valence-corrected chi connectivity index (χ1v) is 20.9. The number of benzene rings is 1. The lowest BCUT2D eigenvalue weighted by Crippen LogP contribution is -2.34. The van der Waals surface area contributed by atoms with E-state index in [1.54, 1.807) is 11.1 Å². The van der Waals surface area contributed by atoms with Gasteiger partial charge in [0, 0.05) is 5.66 Å². The second-order valence-electron chi connectivity index (χ2n) is 14.4. The summed E-state index contributed by atoms with van der Waals surface area (Å²) in [5.41, 5.74) is 8.08. The van der Waals surface area contributed by atoms with E-state index in [9.17, 15) is 0 Å². The summed E-state index contributed by atoms with van der Waals surface area (Å²) in [5, 5.41) is 1.81. The number of nitrogens with zero attached hydrogens (tertiary/aromatic N) is 1. The maximum absolute atomic E-state index is 2.70. The number of likely N-dealkylation sites (N-methyl/N-ethyl adjacent to an activating group) is 1. The van der Waals surface area contributed by atoms with E-state index in [1.165, 1.54) is 128 Å². The minimum Gasteiger partial charge on any atom is -0.299 e. The van der Waals surface area contributed by atoms with Crippen LogP contribution in [0, 0.1) is 0 Å². The van der Waals surface area contributed by atoms with Gasteiger partial charge in [0.2, 0.25) is 0 Å². The first kappa shape index (κ1) is 30.5. The van der Waals surface area contributed by atoms with Gasteiger partial charge in [0.1, 0.15) is 0 Å². The lowest BCUT2D eigenvalue weighted by Gasteiger charge is -2.45. The van der Waals surface area contributed by atoms with Gasteiger partial charge in [0.15, 0.2) is 0 Å². The number of allylic oxidation sites excluding steroid dienone is 3. The zero-order valence-corrected chi connectivity index (χ0v) is 28.3. The first-order chi connectivity index (χ1) is 20.2. The topological polar surface area (TPSA) is 3.24 Å². The van der Waals surface area contributed by atoms with Crippen molar-refractivity contribution in [3.8, 4) is 0 Å². The smallest absolute Gasteiger partial charge is 0.0574 e. The van der Waals surface area contributed by atoms with Crippen molar-refractivity contribution in [3.63, 3.8) is 0 Å². The Morgan fingerprint density at radius 3 is 1.56 bits per heavy atom. The average Bonchev–Trinajstić information content (AvgIpc) is 3.49. The highest BCUT2D eigenvalue weighted by Gasteiger charge is 2.41. The van der Waals surface area contributed by atoms with Gasteiger partial charge in [0.25, 0.3) is 0 Å². The van der Waals surface area contributed by atoms with Crippen LogP contribution < -0.4 is 5.30 Å². The molecule has 4 saturated carbocycles. The first-order valence-electron chi connectivity index (χ1n) is 17.9. The third-order valence-corrected chi connectivity index (χ3v) is 18.9. The molecule has 0 aromatic heterocycles. The molecule has 0 bridgehead atoms. The molecule has 0 radical (unpaired) electrons. The maximum Gasteiger partial charge on any atom is 0.0574 e. The molecule has 6 rings (SSSR count). The predicted octanol–water partition coefficient (Wildman–Crippen LogP) is 11.1. The molecule has 1 unspecified atom stereocenters. The van der Waals surface area contributed by atoms with Crippen LogP contribution in [0.3, 0.4) is 0 Å². The maximum atomic E-state index is 2.70. The molecule has 3 heteroatoms. The Bertz CT molecular complexity index is 969. The molecular formula is C38H59NP2. The van der Waals surface area contributed by atoms with Crippen LogP contribution in [0.25, 0.3) is 0 Å². The Balaban J connectivity index is 1.36. The summed E-state index contributed by atoms with van der Waals surface area (Å²) >= 11 is 0. The molecular weight excluding hydrogens is 532 g/mol. The summed E-state index contributed by atoms with van der Waals surface area (Å²) in [6.07, 6.45) is 37.5. The lowest BCUT2D eigenvalue weighted by atomic mass is 9.96. The fraction of sp³-hybridized carbons (Fsp3) is 0.737. The monoisotopic (exact) mass is 591 g/mol. The largest absolute Gasteiger partial charge is 0.299 e. The molecule has 226 valence electrons. The van der Waals surface area contributed by atoms with Gasteiger partial charge >= 0.3 is 0 Å². The third-order valence-electron chi connectivity index (χ3n) is 11.5. The van der Waals surface area contributed by atoms with E-state index in [0.29, 0.717) is 11.7 Å². The average molecular weight is 592 g/mol. The van der Waals surface area contributed by atoms with E-state index in [4.69, 9.17) is 0 Å². The van der Waals surface area contributed by atoms with Crippen molar-refractivity contribution < 1.29 is 0 Å². The normalized spacial score (nSPS) is 26.8. The number of rotatable bonds is 9. The molecule has 0 amide bonds. The van der Waals surface area contributed by atoms with E-state index in [0.717, 1.165) is 22.6 Å². The van der Waals surface area contributed by atoms with Gasteiger partial charge in [-0.25, -0.2) is 0 Å². The molecule has 1 nitrogen and oxygen atoms in total. The summed E-state index contributed by atoms with van der Waals surface area (Å²) in [6, 6.07) is 10.4. The molecule has 1 aromatic carbocycles. The van der Waals surface area contributed by atoms with Crippen LogP contribution in [-0.4, -0.2) is 47.3 Å². The van der Waals surface area contributed by atoms with Gasteiger partial charge in [-0.3, -0.25) is 4.90 Å². The van der Waals surface area contributed by atoms with Crippen molar-refractivity contribution in [3.05, 3.63) is 53.6 Å². The summed E-state index contributed by atoms with van der Waals surface area (Å²) in [6.45, 7) is 0. The van der Waals surface area contributed by atoms with Gasteiger partial charge in [-0.2, -0.15) is 0 Å². The molecule has 0 N–H and O–H groups in total. The van der Waals surface area contributed by atoms with E-state index in [-0.39, 0.29) is 15.8 Å². The second kappa shape index (κ2) is 15.0. The van der Waals surface area contributed by atoms with Crippen LogP contribution in [0.5, 0.6) is 0 Å². The molecule has 41 heavy (non-hydrogen) atoms. The van der Waals surface area contributed by atoms with E-state index >= 15 is 0 Å². The Kier molecular flexibility index (Phi) is 11.2. The highest BCUT2D eigenvalue weighted by atomic mass is 31.1. The molecule has 0 saturated heterocycles. The highest BCUT2D eigenvalue weighted by Crippen LogP contribution is 2.63. The molecule has 1 aromatic rings. The zero-order valence-electron chi connectivity index (χ0n) is 26.5. The molecule has 2 atom stereocenters. The Hall–Kier alpha value is -0.480. The standard InChI is InChI=1S/C38H59NP2/c1-39(2)38(35-27-17-29-37(35)41(32-22-11-5-12-23-32)33-24-13-6-14-25-33)34-26-15-16-28-36(34)40(30-18-7-3-8-19-30)31-20-9-4-10-21-31/h15-17,26-33,37-38H,3-14,18-25H2,1-2H3/t37?,38-/m1/s1. The Morgan fingerprint density at radius 2 is 1.07 bits per heavy atom. The summed E-state index contributed by atoms with van der Waals surface area (Å²) in [4.78, 5) is 2.62. The van der Waals surface area contributed by atoms with Gasteiger partial charge in [-0.05, 0) is 105 Å². The Labute approximate surface area is 255 Å². The van der Waals surface area contributed by atoms with Gasteiger partial charge in [-0.1, -0.05) is 135 Å². The highest BCUT2D eigenvalue weighted by molar-refractivity contribution is 7.67. The van der Waals surface area contributed by atoms with E-state index in [2.05, 4.69) is 61.5 Å². The van der Waals surface area contributed by atoms with E-state index < -0.39 is 0 Å². The van der Waals surface area contributed by atoms with Crippen LogP contribution in [0.2, 0.25) is 0 Å². The van der Waals surface area contributed by atoms with Crippen molar-refractivity contribution in [2.45, 2.75) is 163 Å². The van der Waals surface area contributed by atoms with Gasteiger partial charge in [-0.15, -0.1) is 0 Å². The summed E-state index contributed by atoms with van der Waals surface area (Å²) in [5.74, 6) is 0. The summed E-state index contributed by atoms with van der Waals surface area (Å²) < 4.78 is 0. The SMILES string of the molecule is CN(C)[C@@H](C1=CC=CC1P(C1CCCCC1)C1CCCCC1)c1ccccc1P(C1CCCCC1)C1CCCCC1. The fourth-order valence-electron chi connectivity index (χ4n) is 9.64. The molecule has 0 aliphatic heterocycles. The lowest BCUT2D eigenvalue weighted by molar-refractivity contribution is 0.336. The van der Waals surface area contributed by atoms with Gasteiger partial charge in [0.05, 0.1) is 6.04 Å². The Morgan fingerprint density at radius 1 is 0.610 bits per heavy atom. The second-order valence-corrected chi connectivity index (χ2v) is 20.1. The molecule has 5 aliphatic carbocycles. The molecule has 4 fully saturated rings. The van der Waals surface area contributed by atoms with E-state index in [1.807, 2.05) is 5.30 Å². The van der Waals surface area contributed by atoms with Crippen LogP contribution in [0.15, 0.2) is 48.1 Å². The van der Waals surface area contributed by atoms with Crippen LogP contribution in [-0.2, 0) is 0 Å². The predicted molar refractivity (Wildman–Crippen MR) is 185 cm³/mol. The fourth-order valence-corrected chi connectivity index (χ4v) is 17.9. The number of hydrogen-bond donors (Lipinski definition) is 0. The number of hydrogen-bond acceptors (Lipinski definition) is 1. The minimum absolute atomic E-state index is 0.0107. The van der Waals surface area contributed by atoms with Crippen molar-refractivity contribution >= 4 is 21.1 Å². The van der Waals surface area contributed by atoms with Crippen molar-refractivity contribution in [1.82, 2.24) is 4.90 Å². The van der Waals surface area contributed by atoms with Crippen LogP contribution in [0.1, 0.15) is 140 Å². The van der Waals surface area contributed by atoms with Gasteiger partial charge < -0.3 is 0 Å². The van der Waals surface area contributed by atoms with Crippen molar-refractivity contribution in [1.29, 1.82) is 0 Å². The third kappa shape index (κ3) is 7.10.